The molecule has 0 spiro atoms. The fraction of sp³-hybridized carbons (Fsp3) is 0.333. The third-order valence-electron chi connectivity index (χ3n) is 1.85. The molecule has 0 aliphatic carbocycles. The van der Waals surface area contributed by atoms with E-state index in [0.717, 1.165) is 6.07 Å². The molecule has 0 bridgehead atoms. The summed E-state index contributed by atoms with van der Waals surface area (Å²) in [6, 6.07) is 0.783. The molecule has 1 aromatic heterocycles. The van der Waals surface area contributed by atoms with Gasteiger partial charge in [0.2, 0.25) is 0 Å². The number of halogens is 7. The number of hydrogen-bond donors (Lipinski definition) is 1. The second kappa shape index (κ2) is 5.61. The molecule has 0 aromatic carbocycles. The van der Waals surface area contributed by atoms with E-state index in [4.69, 9.17) is 5.11 Å². The number of alkyl halides is 6. The average Bonchev–Trinajstić information content (AvgIpc) is 2.17. The maximum atomic E-state index is 12.7. The molecule has 112 valence electrons. The lowest BCUT2D eigenvalue weighted by atomic mass is 10.1. The number of hydrogen-bond acceptors (Lipinski definition) is 3. The quantitative estimate of drug-likeness (QED) is 0.468. The van der Waals surface area contributed by atoms with Gasteiger partial charge in [-0.2, -0.15) is 13.2 Å². The highest BCUT2D eigenvalue weighted by Gasteiger charge is 2.42. The fourth-order valence-corrected chi connectivity index (χ4v) is 1.88. The van der Waals surface area contributed by atoms with Crippen LogP contribution in [0.25, 0.3) is 0 Å². The number of ether oxygens (including phenoxy) is 1. The van der Waals surface area contributed by atoms with Gasteiger partial charge in [0, 0.05) is 5.56 Å². The van der Waals surface area contributed by atoms with Crippen molar-refractivity contribution >= 4 is 28.6 Å². The smallest absolute Gasteiger partial charge is 0.481 e. The molecular weight excluding hydrogens is 411 g/mol. The lowest BCUT2D eigenvalue weighted by Crippen LogP contribution is -2.23. The highest BCUT2D eigenvalue weighted by Crippen LogP contribution is 2.40. The predicted molar refractivity (Wildman–Crippen MR) is 60.0 cm³/mol. The Morgan fingerprint density at radius 2 is 1.85 bits per heavy atom. The molecule has 1 rings (SSSR count). The summed E-state index contributed by atoms with van der Waals surface area (Å²) in [5.41, 5.74) is -2.68. The summed E-state index contributed by atoms with van der Waals surface area (Å²) in [4.78, 5) is 13.5. The van der Waals surface area contributed by atoms with Crippen molar-refractivity contribution in [2.45, 2.75) is 19.0 Å². The van der Waals surface area contributed by atoms with Crippen LogP contribution >= 0.6 is 22.6 Å². The third-order valence-corrected chi connectivity index (χ3v) is 2.40. The maximum Gasteiger partial charge on any atom is 0.573 e. The van der Waals surface area contributed by atoms with Crippen LogP contribution < -0.4 is 4.74 Å². The second-order valence-electron chi connectivity index (χ2n) is 3.40. The first-order chi connectivity index (χ1) is 8.90. The van der Waals surface area contributed by atoms with Gasteiger partial charge >= 0.3 is 18.5 Å². The van der Waals surface area contributed by atoms with Gasteiger partial charge < -0.3 is 9.84 Å². The molecule has 1 N–H and O–H groups in total. The Balaban J connectivity index is 3.49. The van der Waals surface area contributed by atoms with Crippen LogP contribution in [-0.2, 0) is 17.4 Å². The number of carboxylic acid groups (broad SMARTS) is 1. The summed E-state index contributed by atoms with van der Waals surface area (Å²) in [6.07, 6.45) is -11.7. The van der Waals surface area contributed by atoms with Crippen LogP contribution in [-0.4, -0.2) is 22.4 Å². The van der Waals surface area contributed by atoms with E-state index in [2.05, 4.69) is 9.72 Å². The van der Waals surface area contributed by atoms with Crippen LogP contribution in [0.4, 0.5) is 26.3 Å². The van der Waals surface area contributed by atoms with Crippen molar-refractivity contribution in [2.24, 2.45) is 0 Å². The first kappa shape index (κ1) is 16.8. The van der Waals surface area contributed by atoms with Gasteiger partial charge in [-0.05, 0) is 28.7 Å². The van der Waals surface area contributed by atoms with Crippen molar-refractivity contribution < 1.29 is 41.0 Å². The number of rotatable bonds is 3. The number of aliphatic carboxylic acids is 1. The van der Waals surface area contributed by atoms with E-state index in [-0.39, 0.29) is 3.70 Å². The number of nitrogens with zero attached hydrogens (tertiary/aromatic N) is 1. The lowest BCUT2D eigenvalue weighted by Gasteiger charge is -2.17. The molecule has 0 atom stereocenters. The number of carbonyl (C=O) groups is 1. The van der Waals surface area contributed by atoms with Crippen LogP contribution in [0.3, 0.4) is 0 Å². The Morgan fingerprint density at radius 1 is 1.30 bits per heavy atom. The maximum absolute atomic E-state index is 12.7. The molecule has 0 fully saturated rings. The Bertz CT molecular complexity index is 528. The molecule has 0 amide bonds. The van der Waals surface area contributed by atoms with Crippen molar-refractivity contribution in [2.75, 3.05) is 0 Å². The molecule has 11 heteroatoms. The molecule has 4 nitrogen and oxygen atoms in total. The SMILES string of the molecule is O=C(O)Cc1cc(I)nc(C(F)(F)F)c1OC(F)(F)F. The Morgan fingerprint density at radius 3 is 2.25 bits per heavy atom. The van der Waals surface area contributed by atoms with Gasteiger partial charge in [0.25, 0.3) is 0 Å². The summed E-state index contributed by atoms with van der Waals surface area (Å²) >= 11 is 1.33. The third kappa shape index (κ3) is 4.68. The number of pyridine rings is 1. The largest absolute Gasteiger partial charge is 0.573 e. The van der Waals surface area contributed by atoms with E-state index < -0.39 is 41.9 Å². The van der Waals surface area contributed by atoms with Crippen LogP contribution in [0.2, 0.25) is 0 Å². The lowest BCUT2D eigenvalue weighted by molar-refractivity contribution is -0.276. The topological polar surface area (TPSA) is 59.4 Å². The Kier molecular flexibility index (Phi) is 4.71. The van der Waals surface area contributed by atoms with Crippen LogP contribution in [0.15, 0.2) is 6.07 Å². The standard InChI is InChI=1S/C9H4F6INO3/c10-8(11,12)7-6(20-9(13,14)15)3(2-5(18)19)1-4(16)17-7/h1H,2H2,(H,18,19). The molecule has 0 radical (unpaired) electrons. The Labute approximate surface area is 120 Å². The molecule has 1 aromatic rings. The van der Waals surface area contributed by atoms with Crippen molar-refractivity contribution in [3.05, 3.63) is 21.0 Å². The normalized spacial score (nSPS) is 12.3. The van der Waals surface area contributed by atoms with Gasteiger partial charge in [0.05, 0.1) is 6.42 Å². The highest BCUT2D eigenvalue weighted by molar-refractivity contribution is 14.1. The summed E-state index contributed by atoms with van der Waals surface area (Å²) in [5.74, 6) is -3.25. The van der Waals surface area contributed by atoms with E-state index in [1.165, 1.54) is 22.6 Å². The number of carboxylic acids is 1. The monoisotopic (exact) mass is 415 g/mol. The van der Waals surface area contributed by atoms with Gasteiger partial charge in [0.15, 0.2) is 11.4 Å². The minimum absolute atomic E-state index is 0.305. The van der Waals surface area contributed by atoms with E-state index in [1.54, 1.807) is 0 Å². The minimum Gasteiger partial charge on any atom is -0.481 e. The molecule has 0 saturated carbocycles. The first-order valence-corrected chi connectivity index (χ1v) is 5.72. The molecule has 0 aliphatic heterocycles. The zero-order valence-corrected chi connectivity index (χ0v) is 11.3. The van der Waals surface area contributed by atoms with Crippen LogP contribution in [0, 0.1) is 3.70 Å². The zero-order chi connectivity index (χ0) is 15.7. The average molecular weight is 415 g/mol. The van der Waals surface area contributed by atoms with Crippen molar-refractivity contribution in [3.8, 4) is 5.75 Å². The van der Waals surface area contributed by atoms with E-state index in [0.29, 0.717) is 0 Å². The number of aromatic nitrogens is 1. The van der Waals surface area contributed by atoms with Gasteiger partial charge in [-0.3, -0.25) is 4.79 Å². The summed E-state index contributed by atoms with van der Waals surface area (Å²) in [6.45, 7) is 0. The summed E-state index contributed by atoms with van der Waals surface area (Å²) < 4.78 is 77.5. The molecule has 20 heavy (non-hydrogen) atoms. The second-order valence-corrected chi connectivity index (χ2v) is 4.50. The van der Waals surface area contributed by atoms with Crippen LogP contribution in [0.1, 0.15) is 11.3 Å². The molecule has 0 saturated heterocycles. The molecule has 1 heterocycles. The van der Waals surface area contributed by atoms with Gasteiger partial charge in [-0.1, -0.05) is 0 Å². The van der Waals surface area contributed by atoms with Gasteiger partial charge in [0.1, 0.15) is 3.70 Å². The zero-order valence-electron chi connectivity index (χ0n) is 9.14. The summed E-state index contributed by atoms with van der Waals surface area (Å²) in [7, 11) is 0. The van der Waals surface area contributed by atoms with Crippen molar-refractivity contribution in [3.63, 3.8) is 0 Å². The van der Waals surface area contributed by atoms with E-state index >= 15 is 0 Å². The van der Waals surface area contributed by atoms with Gasteiger partial charge in [-0.15, -0.1) is 13.2 Å². The fourth-order valence-electron chi connectivity index (χ4n) is 1.27. The van der Waals surface area contributed by atoms with E-state index in [1.807, 2.05) is 0 Å². The first-order valence-electron chi connectivity index (χ1n) is 4.64. The van der Waals surface area contributed by atoms with Crippen LogP contribution in [0.5, 0.6) is 5.75 Å². The summed E-state index contributed by atoms with van der Waals surface area (Å²) in [5, 5.41) is 8.53. The highest BCUT2D eigenvalue weighted by atomic mass is 127. The van der Waals surface area contributed by atoms with Gasteiger partial charge in [-0.25, -0.2) is 4.98 Å². The molecule has 0 unspecified atom stereocenters. The molecule has 0 aliphatic rings. The Hall–Kier alpha value is -1.27. The van der Waals surface area contributed by atoms with Crippen molar-refractivity contribution in [1.29, 1.82) is 0 Å². The van der Waals surface area contributed by atoms with Crippen molar-refractivity contribution in [1.82, 2.24) is 4.98 Å². The molecular formula is C9H4F6INO3. The van der Waals surface area contributed by atoms with E-state index in [9.17, 15) is 31.1 Å². The minimum atomic E-state index is -5.40. The predicted octanol–water partition coefficient (Wildman–Crippen LogP) is 3.23.